The number of aryl methyl sites for hydroxylation is 1. The molecule has 0 unspecified atom stereocenters. The smallest absolute Gasteiger partial charge is 0.350 e. The lowest BCUT2D eigenvalue weighted by atomic mass is 10.1. The van der Waals surface area contributed by atoms with E-state index >= 15 is 0 Å². The van der Waals surface area contributed by atoms with Crippen LogP contribution in [-0.4, -0.2) is 56.8 Å². The summed E-state index contributed by atoms with van der Waals surface area (Å²) in [6, 6.07) is 1.83. The van der Waals surface area contributed by atoms with Gasteiger partial charge in [0.2, 0.25) is 5.95 Å². The summed E-state index contributed by atoms with van der Waals surface area (Å²) in [5.41, 5.74) is 1.16. The van der Waals surface area contributed by atoms with Crippen LogP contribution in [0, 0.1) is 6.92 Å². The second-order valence-electron chi connectivity index (χ2n) is 6.80. The van der Waals surface area contributed by atoms with Crippen LogP contribution >= 0.6 is 11.3 Å². The fourth-order valence-electron chi connectivity index (χ4n) is 3.15. The third-order valence-corrected chi connectivity index (χ3v) is 5.71. The number of hydrogen-bond acceptors (Lipinski definition) is 11. The molecule has 30 heavy (non-hydrogen) atoms. The Labute approximate surface area is 177 Å². The lowest BCUT2D eigenvalue weighted by Gasteiger charge is -2.30. The van der Waals surface area contributed by atoms with Crippen molar-refractivity contribution in [2.45, 2.75) is 32.8 Å². The van der Waals surface area contributed by atoms with Crippen molar-refractivity contribution in [2.75, 3.05) is 29.9 Å². The molecule has 0 spiro atoms. The molecule has 0 radical (unpaired) electrons. The highest BCUT2D eigenvalue weighted by Crippen LogP contribution is 2.29. The molecule has 1 fully saturated rings. The average molecular weight is 430 g/mol. The number of aliphatic hydroxyl groups is 1. The third-order valence-electron chi connectivity index (χ3n) is 4.66. The van der Waals surface area contributed by atoms with Crippen LogP contribution in [0.3, 0.4) is 0 Å². The molecule has 11 heteroatoms. The number of oxazole rings is 1. The van der Waals surface area contributed by atoms with Gasteiger partial charge in [0.05, 0.1) is 24.6 Å². The number of ether oxygens (including phenoxy) is 1. The summed E-state index contributed by atoms with van der Waals surface area (Å²) in [4.78, 5) is 32.1. The number of anilines is 3. The number of carbonyl (C=O) groups excluding carboxylic acids is 1. The number of aliphatic hydroxyl groups excluding tert-OH is 1. The van der Waals surface area contributed by atoms with Crippen molar-refractivity contribution < 1.29 is 19.1 Å². The molecule has 1 aliphatic heterocycles. The fourth-order valence-corrected chi connectivity index (χ4v) is 4.00. The van der Waals surface area contributed by atoms with Crippen LogP contribution in [0.4, 0.5) is 16.9 Å². The Morgan fingerprint density at radius 1 is 1.37 bits per heavy atom. The maximum atomic E-state index is 12.1. The van der Waals surface area contributed by atoms with Gasteiger partial charge in [-0.15, -0.1) is 0 Å². The summed E-state index contributed by atoms with van der Waals surface area (Å²) in [5.74, 6) is 1.16. The van der Waals surface area contributed by atoms with Crippen molar-refractivity contribution in [2.24, 2.45) is 0 Å². The van der Waals surface area contributed by atoms with E-state index in [4.69, 9.17) is 9.15 Å². The summed E-state index contributed by atoms with van der Waals surface area (Å²) < 4.78 is 10.5. The number of nitrogens with zero attached hydrogens (tertiary/aromatic N) is 5. The highest BCUT2D eigenvalue weighted by Gasteiger charge is 2.21. The van der Waals surface area contributed by atoms with Gasteiger partial charge in [-0.05, 0) is 26.7 Å². The van der Waals surface area contributed by atoms with Crippen LogP contribution < -0.4 is 10.2 Å². The van der Waals surface area contributed by atoms with Crippen LogP contribution in [0.5, 0.6) is 0 Å². The van der Waals surface area contributed by atoms with Gasteiger partial charge < -0.3 is 19.2 Å². The molecular formula is C19H22N6O4S. The monoisotopic (exact) mass is 430 g/mol. The predicted octanol–water partition coefficient (Wildman–Crippen LogP) is 2.78. The molecular weight excluding hydrogens is 408 g/mol. The highest BCUT2D eigenvalue weighted by molar-refractivity contribution is 7.17. The summed E-state index contributed by atoms with van der Waals surface area (Å²) in [6.45, 7) is 5.20. The molecule has 0 amide bonds. The molecule has 0 aromatic carbocycles. The Kier molecular flexibility index (Phi) is 5.91. The van der Waals surface area contributed by atoms with Crippen LogP contribution in [0.2, 0.25) is 0 Å². The van der Waals surface area contributed by atoms with Crippen LogP contribution in [0.25, 0.3) is 11.5 Å². The second-order valence-corrected chi connectivity index (χ2v) is 7.80. The first-order valence-electron chi connectivity index (χ1n) is 9.66. The Balaban J connectivity index is 1.64. The summed E-state index contributed by atoms with van der Waals surface area (Å²) in [7, 11) is 0. The van der Waals surface area contributed by atoms with Crippen LogP contribution in [0.1, 0.15) is 35.1 Å². The van der Waals surface area contributed by atoms with E-state index in [9.17, 15) is 9.90 Å². The fraction of sp³-hybridized carbons (Fsp3) is 0.421. The number of nitrogens with one attached hydrogen (secondary N) is 1. The first-order valence-corrected chi connectivity index (χ1v) is 10.5. The standard InChI is InChI=1S/C19H22N6O4S/c1-3-28-17(27)16-11(2)21-19(30-16)24-18-22-13(14-9-20-10-29-14)8-15(23-18)25-6-4-12(26)5-7-25/h8-10,12,26H,3-7H2,1-2H3,(H,21,22,23,24). The SMILES string of the molecule is CCOC(=O)c1sc(Nc2nc(-c3cnco3)cc(N3CCC(O)CC3)n2)nc1C. The minimum atomic E-state index is -0.399. The normalized spacial score (nSPS) is 14.7. The highest BCUT2D eigenvalue weighted by atomic mass is 32.1. The molecule has 1 aliphatic rings. The minimum absolute atomic E-state index is 0.283. The number of aromatic nitrogens is 4. The molecule has 4 rings (SSSR count). The molecule has 4 heterocycles. The summed E-state index contributed by atoms with van der Waals surface area (Å²) in [5, 5.41) is 13.4. The maximum Gasteiger partial charge on any atom is 0.350 e. The molecule has 0 bridgehead atoms. The average Bonchev–Trinajstić information content (AvgIpc) is 3.38. The largest absolute Gasteiger partial charge is 0.462 e. The molecule has 1 saturated heterocycles. The Bertz CT molecular complexity index is 1010. The molecule has 3 aromatic rings. The lowest BCUT2D eigenvalue weighted by Crippen LogP contribution is -2.36. The minimum Gasteiger partial charge on any atom is -0.462 e. The van der Waals surface area contributed by atoms with Gasteiger partial charge in [-0.25, -0.2) is 19.7 Å². The van der Waals surface area contributed by atoms with Gasteiger partial charge in [0, 0.05) is 19.2 Å². The van der Waals surface area contributed by atoms with E-state index in [-0.39, 0.29) is 6.10 Å². The zero-order valence-electron chi connectivity index (χ0n) is 16.7. The van der Waals surface area contributed by atoms with E-state index in [1.165, 1.54) is 17.7 Å². The number of rotatable bonds is 6. The van der Waals surface area contributed by atoms with Gasteiger partial charge in [0.1, 0.15) is 16.4 Å². The van der Waals surface area contributed by atoms with Crippen molar-refractivity contribution in [1.82, 2.24) is 19.9 Å². The topological polar surface area (TPSA) is 126 Å². The number of piperidine rings is 1. The Morgan fingerprint density at radius 2 is 2.17 bits per heavy atom. The predicted molar refractivity (Wildman–Crippen MR) is 111 cm³/mol. The van der Waals surface area contributed by atoms with E-state index in [0.717, 1.165) is 0 Å². The van der Waals surface area contributed by atoms with E-state index in [1.54, 1.807) is 20.0 Å². The van der Waals surface area contributed by atoms with E-state index in [1.807, 2.05) is 6.07 Å². The van der Waals surface area contributed by atoms with Gasteiger partial charge in [-0.2, -0.15) is 4.98 Å². The van der Waals surface area contributed by atoms with Gasteiger partial charge >= 0.3 is 5.97 Å². The number of hydrogen-bond donors (Lipinski definition) is 2. The molecule has 10 nitrogen and oxygen atoms in total. The molecule has 0 saturated carbocycles. The van der Waals surface area contributed by atoms with Gasteiger partial charge in [0.15, 0.2) is 17.3 Å². The van der Waals surface area contributed by atoms with Crippen molar-refractivity contribution in [1.29, 1.82) is 0 Å². The van der Waals surface area contributed by atoms with E-state index in [2.05, 4.69) is 30.2 Å². The summed E-state index contributed by atoms with van der Waals surface area (Å²) >= 11 is 1.19. The molecule has 0 aliphatic carbocycles. The quantitative estimate of drug-likeness (QED) is 0.564. The van der Waals surface area contributed by atoms with Crippen molar-refractivity contribution in [3.8, 4) is 11.5 Å². The van der Waals surface area contributed by atoms with E-state index < -0.39 is 5.97 Å². The van der Waals surface area contributed by atoms with Gasteiger partial charge in [-0.3, -0.25) is 5.32 Å². The number of esters is 1. The molecule has 0 atom stereocenters. The first-order chi connectivity index (χ1) is 14.5. The van der Waals surface area contributed by atoms with Crippen LogP contribution in [-0.2, 0) is 4.74 Å². The maximum absolute atomic E-state index is 12.1. The lowest BCUT2D eigenvalue weighted by molar-refractivity contribution is 0.0531. The summed E-state index contributed by atoms with van der Waals surface area (Å²) in [6.07, 6.45) is 4.01. The second kappa shape index (κ2) is 8.76. The number of thiazole rings is 1. The Morgan fingerprint density at radius 3 is 2.87 bits per heavy atom. The Hall–Kier alpha value is -3.05. The molecule has 158 valence electrons. The zero-order valence-corrected chi connectivity index (χ0v) is 17.5. The van der Waals surface area contributed by atoms with Crippen LogP contribution in [0.15, 0.2) is 23.1 Å². The van der Waals surface area contributed by atoms with Gasteiger partial charge in [-0.1, -0.05) is 11.3 Å². The van der Waals surface area contributed by atoms with Crippen molar-refractivity contribution in [3.05, 3.63) is 29.2 Å². The van der Waals surface area contributed by atoms with Crippen molar-refractivity contribution >= 4 is 34.2 Å². The molecule has 2 N–H and O–H groups in total. The van der Waals surface area contributed by atoms with Gasteiger partial charge in [0.25, 0.3) is 0 Å². The number of carbonyl (C=O) groups is 1. The first kappa shape index (κ1) is 20.2. The third kappa shape index (κ3) is 4.41. The zero-order chi connectivity index (χ0) is 21.1. The van der Waals surface area contributed by atoms with Crippen molar-refractivity contribution in [3.63, 3.8) is 0 Å². The molecule has 3 aromatic heterocycles. The van der Waals surface area contributed by atoms with E-state index in [0.29, 0.717) is 71.5 Å².